The van der Waals surface area contributed by atoms with Crippen molar-refractivity contribution in [3.05, 3.63) is 5.89 Å². The van der Waals surface area contributed by atoms with Crippen LogP contribution in [-0.4, -0.2) is 22.8 Å². The van der Waals surface area contributed by atoms with Crippen LogP contribution in [0.15, 0.2) is 4.42 Å². The van der Waals surface area contributed by atoms with Crippen molar-refractivity contribution in [3.63, 3.8) is 0 Å². The third-order valence-corrected chi connectivity index (χ3v) is 4.85. The first-order valence-corrected chi connectivity index (χ1v) is 6.66. The van der Waals surface area contributed by atoms with Crippen molar-refractivity contribution in [3.8, 4) is 0 Å². The van der Waals surface area contributed by atoms with Crippen LogP contribution < -0.4 is 11.1 Å². The van der Waals surface area contributed by atoms with E-state index >= 15 is 0 Å². The number of hydrogen-bond donors (Lipinski definition) is 2. The summed E-state index contributed by atoms with van der Waals surface area (Å²) in [6, 6.07) is 1.19. The molecule has 3 saturated carbocycles. The highest BCUT2D eigenvalue weighted by Crippen LogP contribution is 2.66. The molecule has 1 heterocycles. The fourth-order valence-electron chi connectivity index (χ4n) is 4.20. The summed E-state index contributed by atoms with van der Waals surface area (Å²) in [5, 5.41) is 11.4. The van der Waals surface area contributed by atoms with Crippen molar-refractivity contribution < 1.29 is 4.42 Å². The van der Waals surface area contributed by atoms with Crippen molar-refractivity contribution in [1.29, 1.82) is 0 Å². The van der Waals surface area contributed by atoms with Crippen LogP contribution >= 0.6 is 0 Å². The largest absolute Gasteiger partial charge is 0.408 e. The first-order valence-electron chi connectivity index (χ1n) is 6.66. The molecular formula is C12H18N4O. The zero-order valence-electron chi connectivity index (χ0n) is 9.80. The Hall–Kier alpha value is -1.10. The highest BCUT2D eigenvalue weighted by molar-refractivity contribution is 5.31. The predicted octanol–water partition coefficient (Wildman–Crippen LogP) is 1.03. The molecule has 0 amide bonds. The van der Waals surface area contributed by atoms with Gasteiger partial charge in [-0.3, -0.25) is 0 Å². The molecule has 5 nitrogen and oxygen atoms in total. The zero-order valence-corrected chi connectivity index (χ0v) is 9.80. The second kappa shape index (κ2) is 3.45. The Labute approximate surface area is 100 Å². The molecule has 4 rings (SSSR count). The highest BCUT2D eigenvalue weighted by Gasteiger charge is 2.65. The standard InChI is InChI=1S/C12H18N4O/c13-4-3-8-15-16-12(17-8)14-11-9-6-1-2-7(5-6)10(9)11/h6-7,9-11H,1-5,13H2,(H,14,16). The van der Waals surface area contributed by atoms with Crippen LogP contribution in [0, 0.1) is 23.7 Å². The second-order valence-corrected chi connectivity index (χ2v) is 5.70. The number of aromatic nitrogens is 2. The third kappa shape index (κ3) is 1.41. The van der Waals surface area contributed by atoms with Gasteiger partial charge in [-0.2, -0.15) is 0 Å². The van der Waals surface area contributed by atoms with Crippen LogP contribution in [0.25, 0.3) is 0 Å². The monoisotopic (exact) mass is 234 g/mol. The van der Waals surface area contributed by atoms with Crippen LogP contribution in [0.4, 0.5) is 6.01 Å². The quantitative estimate of drug-likeness (QED) is 0.813. The van der Waals surface area contributed by atoms with Crippen molar-refractivity contribution in [2.24, 2.45) is 29.4 Å². The van der Waals surface area contributed by atoms with Crippen LogP contribution in [0.1, 0.15) is 25.2 Å². The maximum absolute atomic E-state index is 5.52. The molecule has 5 heteroatoms. The molecule has 4 unspecified atom stereocenters. The van der Waals surface area contributed by atoms with Gasteiger partial charge in [0, 0.05) is 19.0 Å². The van der Waals surface area contributed by atoms with E-state index in [-0.39, 0.29) is 0 Å². The maximum atomic E-state index is 5.52. The van der Waals surface area contributed by atoms with Gasteiger partial charge in [0.15, 0.2) is 0 Å². The van der Waals surface area contributed by atoms with Crippen LogP contribution in [-0.2, 0) is 6.42 Å². The Morgan fingerprint density at radius 3 is 2.71 bits per heavy atom. The zero-order chi connectivity index (χ0) is 11.4. The third-order valence-electron chi connectivity index (χ3n) is 4.85. The second-order valence-electron chi connectivity index (χ2n) is 5.70. The molecule has 3 N–H and O–H groups in total. The molecule has 0 saturated heterocycles. The first-order chi connectivity index (χ1) is 8.36. The Morgan fingerprint density at radius 1 is 1.24 bits per heavy atom. The Kier molecular flexibility index (Phi) is 2.00. The lowest BCUT2D eigenvalue weighted by Gasteiger charge is -2.07. The first kappa shape index (κ1) is 9.88. The van der Waals surface area contributed by atoms with E-state index in [1.165, 1.54) is 19.3 Å². The molecule has 1 aromatic rings. The average molecular weight is 234 g/mol. The summed E-state index contributed by atoms with van der Waals surface area (Å²) in [6.07, 6.45) is 5.01. The number of hydrogen-bond acceptors (Lipinski definition) is 5. The van der Waals surface area contributed by atoms with E-state index in [1.54, 1.807) is 0 Å². The average Bonchev–Trinajstić information content (AvgIpc) is 2.76. The summed E-state index contributed by atoms with van der Waals surface area (Å²) in [5.74, 6) is 4.35. The van der Waals surface area contributed by atoms with E-state index in [0.717, 1.165) is 23.7 Å². The number of fused-ring (bicyclic) bond motifs is 5. The molecule has 1 aromatic heterocycles. The van der Waals surface area contributed by atoms with Crippen LogP contribution in [0.5, 0.6) is 0 Å². The van der Waals surface area contributed by atoms with Gasteiger partial charge in [0.2, 0.25) is 5.89 Å². The van der Waals surface area contributed by atoms with Gasteiger partial charge < -0.3 is 15.5 Å². The Morgan fingerprint density at radius 2 is 2.00 bits per heavy atom. The van der Waals surface area contributed by atoms with E-state index in [0.29, 0.717) is 30.9 Å². The molecule has 3 aliphatic carbocycles. The van der Waals surface area contributed by atoms with Gasteiger partial charge in [-0.05, 0) is 42.9 Å². The van der Waals surface area contributed by atoms with Gasteiger partial charge in [-0.15, -0.1) is 5.10 Å². The molecule has 4 atom stereocenters. The van der Waals surface area contributed by atoms with Crippen molar-refractivity contribution in [2.75, 3.05) is 11.9 Å². The lowest BCUT2D eigenvalue weighted by molar-refractivity contribution is 0.456. The molecular weight excluding hydrogens is 216 g/mol. The summed E-state index contributed by atoms with van der Waals surface area (Å²) in [7, 11) is 0. The SMILES string of the molecule is NCCc1nnc(NC2C3C4CCC(C4)C23)o1. The molecule has 0 aromatic carbocycles. The van der Waals surface area contributed by atoms with Crippen molar-refractivity contribution >= 4 is 6.01 Å². The summed E-state index contributed by atoms with van der Waals surface area (Å²) in [5.41, 5.74) is 5.45. The van der Waals surface area contributed by atoms with Gasteiger partial charge in [0.05, 0.1) is 0 Å². The Balaban J connectivity index is 1.42. The summed E-state index contributed by atoms with van der Waals surface area (Å²) >= 11 is 0. The van der Waals surface area contributed by atoms with Gasteiger partial charge in [0.1, 0.15) is 0 Å². The fourth-order valence-corrected chi connectivity index (χ4v) is 4.20. The molecule has 92 valence electrons. The van der Waals surface area contributed by atoms with Gasteiger partial charge in [-0.1, -0.05) is 5.10 Å². The highest BCUT2D eigenvalue weighted by atomic mass is 16.4. The van der Waals surface area contributed by atoms with Crippen molar-refractivity contribution in [2.45, 2.75) is 31.7 Å². The summed E-state index contributed by atoms with van der Waals surface area (Å²) < 4.78 is 5.52. The lowest BCUT2D eigenvalue weighted by Crippen LogP contribution is -2.12. The number of nitrogens with two attached hydrogens (primary N) is 1. The summed E-state index contributed by atoms with van der Waals surface area (Å²) in [6.45, 7) is 0.556. The Bertz CT molecular complexity index is 416. The number of anilines is 1. The number of nitrogens with zero attached hydrogens (tertiary/aromatic N) is 2. The molecule has 3 fully saturated rings. The van der Waals surface area contributed by atoms with E-state index in [2.05, 4.69) is 15.5 Å². The lowest BCUT2D eigenvalue weighted by atomic mass is 10.0. The normalized spacial score (nSPS) is 41.6. The fraction of sp³-hybridized carbons (Fsp3) is 0.833. The van der Waals surface area contributed by atoms with Gasteiger partial charge >= 0.3 is 6.01 Å². The topological polar surface area (TPSA) is 77.0 Å². The van der Waals surface area contributed by atoms with Crippen LogP contribution in [0.3, 0.4) is 0 Å². The van der Waals surface area contributed by atoms with Gasteiger partial charge in [0.25, 0.3) is 0 Å². The molecule has 3 aliphatic rings. The minimum atomic E-state index is 0.556. The number of nitrogens with one attached hydrogen (secondary N) is 1. The molecule has 0 aliphatic heterocycles. The smallest absolute Gasteiger partial charge is 0.315 e. The van der Waals surface area contributed by atoms with Crippen LogP contribution in [0.2, 0.25) is 0 Å². The van der Waals surface area contributed by atoms with E-state index in [9.17, 15) is 0 Å². The number of rotatable bonds is 4. The summed E-state index contributed by atoms with van der Waals surface area (Å²) in [4.78, 5) is 0. The van der Waals surface area contributed by atoms with Gasteiger partial charge in [-0.25, -0.2) is 0 Å². The molecule has 2 bridgehead atoms. The predicted molar refractivity (Wildman–Crippen MR) is 62.3 cm³/mol. The minimum Gasteiger partial charge on any atom is -0.408 e. The van der Waals surface area contributed by atoms with E-state index < -0.39 is 0 Å². The van der Waals surface area contributed by atoms with E-state index in [4.69, 9.17) is 10.2 Å². The molecule has 17 heavy (non-hydrogen) atoms. The minimum absolute atomic E-state index is 0.556. The van der Waals surface area contributed by atoms with Crippen molar-refractivity contribution in [1.82, 2.24) is 10.2 Å². The van der Waals surface area contributed by atoms with E-state index in [1.807, 2.05) is 0 Å². The maximum Gasteiger partial charge on any atom is 0.315 e. The molecule has 0 spiro atoms. The molecule has 0 radical (unpaired) electrons.